The van der Waals surface area contributed by atoms with E-state index in [1.807, 2.05) is 42.5 Å². The summed E-state index contributed by atoms with van der Waals surface area (Å²) in [6.45, 7) is 0. The van der Waals surface area contributed by atoms with Crippen molar-refractivity contribution in [3.8, 4) is 11.3 Å². The van der Waals surface area contributed by atoms with Crippen molar-refractivity contribution in [3.05, 3.63) is 60.3 Å². The van der Waals surface area contributed by atoms with Crippen LogP contribution in [0, 0.1) is 0 Å². The van der Waals surface area contributed by atoms with Crippen LogP contribution in [0.15, 0.2) is 48.8 Å². The molecule has 1 fully saturated rings. The summed E-state index contributed by atoms with van der Waals surface area (Å²) in [5.74, 6) is 0.607. The molecule has 2 aromatic heterocycles. The van der Waals surface area contributed by atoms with E-state index in [0.29, 0.717) is 5.69 Å². The number of rotatable bonds is 4. The highest BCUT2D eigenvalue weighted by Gasteiger charge is 2.43. The molecule has 4 rings (SSSR count). The summed E-state index contributed by atoms with van der Waals surface area (Å²) >= 11 is 0. The van der Waals surface area contributed by atoms with Crippen LogP contribution in [0.5, 0.6) is 0 Å². The van der Waals surface area contributed by atoms with Gasteiger partial charge in [0.15, 0.2) is 0 Å². The van der Waals surface area contributed by atoms with E-state index < -0.39 is 5.54 Å². The van der Waals surface area contributed by atoms with Gasteiger partial charge in [-0.3, -0.25) is 9.89 Å². The third-order valence-electron chi connectivity index (χ3n) is 4.44. The highest BCUT2D eigenvalue weighted by molar-refractivity contribution is 5.94. The molecule has 0 unspecified atom stereocenters. The molecule has 1 aliphatic carbocycles. The predicted octanol–water partition coefficient (Wildman–Crippen LogP) is 2.61. The molecule has 0 atom stereocenters. The van der Waals surface area contributed by atoms with Crippen LogP contribution in [-0.2, 0) is 5.54 Å². The van der Waals surface area contributed by atoms with E-state index in [4.69, 9.17) is 0 Å². The maximum absolute atomic E-state index is 12.6. The fourth-order valence-electron chi connectivity index (χ4n) is 2.99. The van der Waals surface area contributed by atoms with Crippen molar-refractivity contribution in [2.24, 2.45) is 0 Å². The fourth-order valence-corrected chi connectivity index (χ4v) is 2.99. The highest BCUT2D eigenvalue weighted by atomic mass is 16.2. The summed E-state index contributed by atoms with van der Waals surface area (Å²) in [6.07, 6.45) is 4.30. The third-order valence-corrected chi connectivity index (χ3v) is 4.44. The van der Waals surface area contributed by atoms with E-state index in [2.05, 4.69) is 25.5 Å². The molecule has 116 valence electrons. The number of H-pyrrole nitrogens is 2. The standard InChI is InChI=1S/C17H17N5O/c23-15(21-17(9-4-10-17)16-18-11-19-22-16)14-8-7-13(20-14)12-5-2-1-3-6-12/h1-3,5-8,11,20H,4,9-10H2,(H,21,23)(H,18,19,22). The number of amides is 1. The molecule has 1 amide bonds. The number of aromatic amines is 2. The molecule has 3 N–H and O–H groups in total. The van der Waals surface area contributed by atoms with Crippen molar-refractivity contribution in [2.45, 2.75) is 24.8 Å². The average Bonchev–Trinajstić information content (AvgIpc) is 3.23. The summed E-state index contributed by atoms with van der Waals surface area (Å²) in [7, 11) is 0. The average molecular weight is 307 g/mol. The van der Waals surface area contributed by atoms with Crippen molar-refractivity contribution in [1.82, 2.24) is 25.5 Å². The van der Waals surface area contributed by atoms with Crippen molar-refractivity contribution >= 4 is 5.91 Å². The molecule has 0 spiro atoms. The van der Waals surface area contributed by atoms with E-state index >= 15 is 0 Å². The molecule has 0 aliphatic heterocycles. The van der Waals surface area contributed by atoms with E-state index in [-0.39, 0.29) is 5.91 Å². The van der Waals surface area contributed by atoms with Crippen molar-refractivity contribution in [1.29, 1.82) is 0 Å². The van der Waals surface area contributed by atoms with Gasteiger partial charge in [0.1, 0.15) is 17.8 Å². The van der Waals surface area contributed by atoms with Gasteiger partial charge in [0.25, 0.3) is 5.91 Å². The van der Waals surface area contributed by atoms with Gasteiger partial charge < -0.3 is 10.3 Å². The molecule has 1 aromatic carbocycles. The third kappa shape index (κ3) is 2.42. The fraction of sp³-hybridized carbons (Fsp3) is 0.235. The van der Waals surface area contributed by atoms with Crippen LogP contribution < -0.4 is 5.32 Å². The lowest BCUT2D eigenvalue weighted by Crippen LogP contribution is -2.51. The van der Waals surface area contributed by atoms with Crippen molar-refractivity contribution in [2.75, 3.05) is 0 Å². The Morgan fingerprint density at radius 3 is 2.61 bits per heavy atom. The van der Waals surface area contributed by atoms with Gasteiger partial charge in [0, 0.05) is 5.69 Å². The maximum Gasteiger partial charge on any atom is 0.268 e. The van der Waals surface area contributed by atoms with Gasteiger partial charge >= 0.3 is 0 Å². The van der Waals surface area contributed by atoms with Crippen LogP contribution in [0.1, 0.15) is 35.6 Å². The minimum absolute atomic E-state index is 0.122. The van der Waals surface area contributed by atoms with Crippen molar-refractivity contribution < 1.29 is 4.79 Å². The summed E-state index contributed by atoms with van der Waals surface area (Å²) in [4.78, 5) is 20.0. The van der Waals surface area contributed by atoms with Gasteiger partial charge in [-0.15, -0.1) is 0 Å². The Morgan fingerprint density at radius 1 is 1.13 bits per heavy atom. The molecule has 0 radical (unpaired) electrons. The summed E-state index contributed by atoms with van der Waals surface area (Å²) in [6, 6.07) is 13.7. The maximum atomic E-state index is 12.6. The van der Waals surface area contributed by atoms with Gasteiger partial charge in [-0.25, -0.2) is 4.98 Å². The molecular weight excluding hydrogens is 290 g/mol. The zero-order chi connectivity index (χ0) is 15.7. The quantitative estimate of drug-likeness (QED) is 0.692. The molecule has 1 aliphatic rings. The summed E-state index contributed by atoms with van der Waals surface area (Å²) in [5, 5.41) is 9.89. The predicted molar refractivity (Wildman–Crippen MR) is 85.6 cm³/mol. The summed E-state index contributed by atoms with van der Waals surface area (Å²) < 4.78 is 0. The Bertz CT molecular complexity index is 803. The van der Waals surface area contributed by atoms with E-state index in [0.717, 1.165) is 36.3 Å². The number of carbonyl (C=O) groups excluding carboxylic acids is 1. The lowest BCUT2D eigenvalue weighted by molar-refractivity contribution is 0.0805. The van der Waals surface area contributed by atoms with Crippen LogP contribution in [0.4, 0.5) is 0 Å². The first-order valence-electron chi connectivity index (χ1n) is 7.70. The van der Waals surface area contributed by atoms with Crippen LogP contribution in [0.2, 0.25) is 0 Å². The van der Waals surface area contributed by atoms with Crippen LogP contribution in [0.3, 0.4) is 0 Å². The molecule has 6 heteroatoms. The minimum Gasteiger partial charge on any atom is -0.351 e. The molecule has 3 aromatic rings. The number of benzene rings is 1. The van der Waals surface area contributed by atoms with Crippen LogP contribution in [-0.4, -0.2) is 26.1 Å². The molecule has 23 heavy (non-hydrogen) atoms. The van der Waals surface area contributed by atoms with E-state index in [1.165, 1.54) is 6.33 Å². The topological polar surface area (TPSA) is 86.5 Å². The Hall–Kier alpha value is -2.89. The number of hydrogen-bond acceptors (Lipinski definition) is 3. The van der Waals surface area contributed by atoms with Gasteiger partial charge in [-0.05, 0) is 37.0 Å². The van der Waals surface area contributed by atoms with Crippen LogP contribution >= 0.6 is 0 Å². The van der Waals surface area contributed by atoms with E-state index in [9.17, 15) is 4.79 Å². The number of aromatic nitrogens is 4. The zero-order valence-electron chi connectivity index (χ0n) is 12.5. The Balaban J connectivity index is 1.55. The molecule has 2 heterocycles. The normalized spacial score (nSPS) is 15.8. The number of carbonyl (C=O) groups is 1. The minimum atomic E-state index is -0.411. The van der Waals surface area contributed by atoms with Crippen molar-refractivity contribution in [3.63, 3.8) is 0 Å². The number of nitrogens with one attached hydrogen (secondary N) is 3. The molecule has 0 saturated heterocycles. The number of hydrogen-bond donors (Lipinski definition) is 3. The smallest absolute Gasteiger partial charge is 0.268 e. The van der Waals surface area contributed by atoms with Gasteiger partial charge in [-0.2, -0.15) is 5.10 Å². The summed E-state index contributed by atoms with van der Waals surface area (Å²) in [5.41, 5.74) is 2.12. The van der Waals surface area contributed by atoms with Gasteiger partial charge in [0.2, 0.25) is 0 Å². The first kappa shape index (κ1) is 13.8. The SMILES string of the molecule is O=C(NC1(c2ncn[nH]2)CCC1)c1ccc(-c2ccccc2)[nH]1. The van der Waals surface area contributed by atoms with Gasteiger partial charge in [-0.1, -0.05) is 30.3 Å². The van der Waals surface area contributed by atoms with Crippen LogP contribution in [0.25, 0.3) is 11.3 Å². The molecular formula is C17H17N5O. The van der Waals surface area contributed by atoms with E-state index in [1.54, 1.807) is 0 Å². The van der Waals surface area contributed by atoms with Gasteiger partial charge in [0.05, 0.1) is 5.54 Å². The molecule has 0 bridgehead atoms. The molecule has 1 saturated carbocycles. The second-order valence-corrected chi connectivity index (χ2v) is 5.88. The Kier molecular flexibility index (Phi) is 3.22. The monoisotopic (exact) mass is 307 g/mol. The Labute approximate surface area is 133 Å². The zero-order valence-corrected chi connectivity index (χ0v) is 12.5. The second kappa shape index (κ2) is 5.39. The first-order valence-corrected chi connectivity index (χ1v) is 7.70. The lowest BCUT2D eigenvalue weighted by atomic mass is 9.76. The molecule has 6 nitrogen and oxygen atoms in total. The second-order valence-electron chi connectivity index (χ2n) is 5.88. The Morgan fingerprint density at radius 2 is 1.96 bits per heavy atom. The largest absolute Gasteiger partial charge is 0.351 e. The first-order chi connectivity index (χ1) is 11.3. The lowest BCUT2D eigenvalue weighted by Gasteiger charge is -2.40. The number of nitrogens with zero attached hydrogens (tertiary/aromatic N) is 2. The highest BCUT2D eigenvalue weighted by Crippen LogP contribution is 2.39.